The number of carbonyl (C=O) groups excluding carboxylic acids is 1. The molecule has 20 heavy (non-hydrogen) atoms. The Balaban J connectivity index is 1.80. The zero-order chi connectivity index (χ0) is 13.7. The van der Waals surface area contributed by atoms with E-state index in [1.807, 2.05) is 24.3 Å². The summed E-state index contributed by atoms with van der Waals surface area (Å²) in [6.45, 7) is 0.196. The van der Waals surface area contributed by atoms with Gasteiger partial charge in [-0.05, 0) is 30.2 Å². The first kappa shape index (κ1) is 11.6. The molecular formula is C15H14O5. The van der Waals surface area contributed by atoms with Gasteiger partial charge in [0.1, 0.15) is 6.10 Å². The molecule has 1 aliphatic carbocycles. The van der Waals surface area contributed by atoms with E-state index in [0.717, 1.165) is 12.0 Å². The highest BCUT2D eigenvalue weighted by molar-refractivity contribution is 5.78. The Labute approximate surface area is 116 Å². The maximum Gasteiger partial charge on any atom is 0.310 e. The van der Waals surface area contributed by atoms with Crippen LogP contribution in [0.5, 0.6) is 17.2 Å². The second-order valence-electron chi connectivity index (χ2n) is 5.15. The highest BCUT2D eigenvalue weighted by Crippen LogP contribution is 2.48. The van der Waals surface area contributed by atoms with Gasteiger partial charge in [-0.3, -0.25) is 4.79 Å². The average molecular weight is 274 g/mol. The molecule has 104 valence electrons. The van der Waals surface area contributed by atoms with Gasteiger partial charge in [0.25, 0.3) is 0 Å². The number of esters is 1. The standard InChI is InChI=1S/C15H14O5/c1-17-11-5-8(6-12-14(11)19-7-18-12)13-9-3-2-4-10(13)20-15(9)16/h2,4-6,9-10,13H,3,7H2,1H3/t9-,10+,13-/m1/s1. The van der Waals surface area contributed by atoms with Crippen LogP contribution in [0.1, 0.15) is 17.9 Å². The Kier molecular flexibility index (Phi) is 2.42. The van der Waals surface area contributed by atoms with Crippen molar-refractivity contribution in [1.82, 2.24) is 0 Å². The quantitative estimate of drug-likeness (QED) is 0.610. The molecule has 2 aliphatic heterocycles. The van der Waals surface area contributed by atoms with Gasteiger partial charge in [-0.15, -0.1) is 0 Å². The number of carbonyl (C=O) groups is 1. The molecular weight excluding hydrogens is 260 g/mol. The third kappa shape index (κ3) is 1.52. The molecule has 1 fully saturated rings. The van der Waals surface area contributed by atoms with Gasteiger partial charge in [0.15, 0.2) is 11.5 Å². The van der Waals surface area contributed by atoms with Gasteiger partial charge in [0.2, 0.25) is 12.5 Å². The predicted molar refractivity (Wildman–Crippen MR) is 69.0 cm³/mol. The zero-order valence-corrected chi connectivity index (χ0v) is 11.0. The average Bonchev–Trinajstić information content (AvgIpc) is 3.00. The normalized spacial score (nSPS) is 29.4. The molecule has 3 atom stereocenters. The zero-order valence-electron chi connectivity index (χ0n) is 11.0. The molecule has 0 spiro atoms. The van der Waals surface area contributed by atoms with Crippen molar-refractivity contribution in [2.75, 3.05) is 13.9 Å². The first-order valence-corrected chi connectivity index (χ1v) is 6.62. The summed E-state index contributed by atoms with van der Waals surface area (Å²) in [4.78, 5) is 11.9. The van der Waals surface area contributed by atoms with Crippen LogP contribution in [0.3, 0.4) is 0 Å². The maximum atomic E-state index is 11.9. The summed E-state index contributed by atoms with van der Waals surface area (Å²) < 4.78 is 21.6. The molecule has 2 bridgehead atoms. The van der Waals surface area contributed by atoms with Crippen molar-refractivity contribution in [3.05, 3.63) is 29.8 Å². The van der Waals surface area contributed by atoms with Crippen molar-refractivity contribution in [3.8, 4) is 17.2 Å². The SMILES string of the molecule is COc1cc([C@H]2[C@@H]3C=CC[C@H]2C(=O)O3)cc2c1OCO2. The number of benzene rings is 1. The molecule has 0 amide bonds. The molecule has 2 heterocycles. The van der Waals surface area contributed by atoms with Gasteiger partial charge in [-0.2, -0.15) is 0 Å². The van der Waals surface area contributed by atoms with Gasteiger partial charge in [0, 0.05) is 5.92 Å². The molecule has 0 unspecified atom stereocenters. The third-order valence-electron chi connectivity index (χ3n) is 4.12. The molecule has 4 rings (SSSR count). The summed E-state index contributed by atoms with van der Waals surface area (Å²) in [7, 11) is 1.60. The maximum absolute atomic E-state index is 11.9. The fraction of sp³-hybridized carbons (Fsp3) is 0.400. The van der Waals surface area contributed by atoms with Gasteiger partial charge in [0.05, 0.1) is 13.0 Å². The Bertz CT molecular complexity index is 607. The minimum atomic E-state index is -0.189. The van der Waals surface area contributed by atoms with Crippen LogP contribution >= 0.6 is 0 Å². The van der Waals surface area contributed by atoms with Gasteiger partial charge >= 0.3 is 5.97 Å². The Morgan fingerprint density at radius 1 is 1.30 bits per heavy atom. The van der Waals surface area contributed by atoms with Gasteiger partial charge < -0.3 is 18.9 Å². The van der Waals surface area contributed by atoms with E-state index in [4.69, 9.17) is 18.9 Å². The molecule has 5 nitrogen and oxygen atoms in total. The fourth-order valence-electron chi connectivity index (χ4n) is 3.20. The summed E-state index contributed by atoms with van der Waals surface area (Å²) in [5.74, 6) is 1.71. The highest BCUT2D eigenvalue weighted by atomic mass is 16.7. The van der Waals surface area contributed by atoms with Crippen LogP contribution in [0.4, 0.5) is 0 Å². The van der Waals surface area contributed by atoms with E-state index in [0.29, 0.717) is 17.2 Å². The van der Waals surface area contributed by atoms with E-state index in [1.165, 1.54) is 0 Å². The summed E-state index contributed by atoms with van der Waals surface area (Å²) in [6, 6.07) is 3.84. The van der Waals surface area contributed by atoms with Crippen LogP contribution < -0.4 is 14.2 Å². The van der Waals surface area contributed by atoms with Crippen LogP contribution in [0, 0.1) is 5.92 Å². The summed E-state index contributed by atoms with van der Waals surface area (Å²) in [6.07, 6.45) is 4.51. The van der Waals surface area contributed by atoms with Crippen LogP contribution in [0.2, 0.25) is 0 Å². The van der Waals surface area contributed by atoms with E-state index >= 15 is 0 Å². The first-order chi connectivity index (χ1) is 9.78. The van der Waals surface area contributed by atoms with Crippen LogP contribution in [-0.2, 0) is 9.53 Å². The predicted octanol–water partition coefficient (Wildman–Crippen LogP) is 2.01. The summed E-state index contributed by atoms with van der Waals surface area (Å²) in [5.41, 5.74) is 0.997. The van der Waals surface area contributed by atoms with Crippen molar-refractivity contribution in [1.29, 1.82) is 0 Å². The van der Waals surface area contributed by atoms with Crippen LogP contribution in [-0.4, -0.2) is 26.0 Å². The smallest absolute Gasteiger partial charge is 0.310 e. The lowest BCUT2D eigenvalue weighted by Crippen LogP contribution is -2.20. The molecule has 1 aromatic carbocycles. The molecule has 0 radical (unpaired) electrons. The van der Waals surface area contributed by atoms with E-state index in [1.54, 1.807) is 7.11 Å². The highest BCUT2D eigenvalue weighted by Gasteiger charge is 2.46. The van der Waals surface area contributed by atoms with Crippen molar-refractivity contribution >= 4 is 5.97 Å². The van der Waals surface area contributed by atoms with E-state index in [9.17, 15) is 4.79 Å². The lowest BCUT2D eigenvalue weighted by atomic mass is 9.79. The lowest BCUT2D eigenvalue weighted by Gasteiger charge is -2.22. The second kappa shape index (κ2) is 4.16. The van der Waals surface area contributed by atoms with Crippen molar-refractivity contribution in [3.63, 3.8) is 0 Å². The molecule has 3 aliphatic rings. The Morgan fingerprint density at radius 3 is 3.00 bits per heavy atom. The summed E-state index contributed by atoms with van der Waals surface area (Å²) >= 11 is 0. The molecule has 5 heteroatoms. The molecule has 1 aromatic rings. The molecule has 0 N–H and O–H groups in total. The van der Waals surface area contributed by atoms with Gasteiger partial charge in [-0.25, -0.2) is 0 Å². The summed E-state index contributed by atoms with van der Waals surface area (Å²) in [5, 5.41) is 0. The van der Waals surface area contributed by atoms with Crippen molar-refractivity contribution < 1.29 is 23.7 Å². The lowest BCUT2D eigenvalue weighted by molar-refractivity contribution is -0.142. The minimum absolute atomic E-state index is 0.0240. The fourth-order valence-corrected chi connectivity index (χ4v) is 3.20. The van der Waals surface area contributed by atoms with E-state index in [2.05, 4.69) is 0 Å². The van der Waals surface area contributed by atoms with Crippen LogP contribution in [0.25, 0.3) is 0 Å². The molecule has 0 saturated carbocycles. The van der Waals surface area contributed by atoms with Crippen LogP contribution in [0.15, 0.2) is 24.3 Å². The van der Waals surface area contributed by atoms with E-state index < -0.39 is 0 Å². The molecule has 0 aromatic heterocycles. The van der Waals surface area contributed by atoms with Crippen molar-refractivity contribution in [2.45, 2.75) is 18.4 Å². The number of allylic oxidation sites excluding steroid dienone is 1. The number of methoxy groups -OCH3 is 1. The van der Waals surface area contributed by atoms with E-state index in [-0.39, 0.29) is 30.7 Å². The largest absolute Gasteiger partial charge is 0.493 e. The van der Waals surface area contributed by atoms with Gasteiger partial charge in [-0.1, -0.05) is 6.08 Å². The number of rotatable bonds is 2. The monoisotopic (exact) mass is 274 g/mol. The molecule has 1 saturated heterocycles. The Hall–Kier alpha value is -2.17. The second-order valence-corrected chi connectivity index (χ2v) is 5.15. The number of ether oxygens (including phenoxy) is 4. The third-order valence-corrected chi connectivity index (χ3v) is 4.12. The number of fused-ring (bicyclic) bond motifs is 3. The first-order valence-electron chi connectivity index (χ1n) is 6.62. The number of hydrogen-bond donors (Lipinski definition) is 0. The number of hydrogen-bond acceptors (Lipinski definition) is 5. The Morgan fingerprint density at radius 2 is 2.20 bits per heavy atom. The van der Waals surface area contributed by atoms with Crippen molar-refractivity contribution in [2.24, 2.45) is 5.92 Å². The topological polar surface area (TPSA) is 54.0 Å². The minimum Gasteiger partial charge on any atom is -0.493 e.